The molecule has 0 aromatic rings. The number of nitrogens with one attached hydrogen (secondary N) is 1. The summed E-state index contributed by atoms with van der Waals surface area (Å²) in [5.41, 5.74) is -1.09. The van der Waals surface area contributed by atoms with E-state index in [0.717, 1.165) is 12.8 Å². The van der Waals surface area contributed by atoms with Crippen molar-refractivity contribution in [3.05, 3.63) is 0 Å². The van der Waals surface area contributed by atoms with E-state index in [2.05, 4.69) is 12.2 Å². The number of urea groups is 1. The molecular weight excluding hydrogens is 260 g/mol. The van der Waals surface area contributed by atoms with Gasteiger partial charge in [-0.15, -0.1) is 0 Å². The van der Waals surface area contributed by atoms with Gasteiger partial charge in [-0.2, -0.15) is 0 Å². The van der Waals surface area contributed by atoms with E-state index in [1.54, 1.807) is 4.90 Å². The Morgan fingerprint density at radius 1 is 1.30 bits per heavy atom. The number of carboxylic acids is 1. The zero-order valence-electron chi connectivity index (χ0n) is 12.2. The molecule has 6 heteroatoms. The summed E-state index contributed by atoms with van der Waals surface area (Å²) in [6.07, 6.45) is 2.70. The van der Waals surface area contributed by atoms with E-state index in [1.165, 1.54) is 0 Å². The number of rotatable bonds is 2. The summed E-state index contributed by atoms with van der Waals surface area (Å²) in [6.45, 7) is 5.57. The maximum atomic E-state index is 12.3. The van der Waals surface area contributed by atoms with Gasteiger partial charge >= 0.3 is 12.0 Å². The summed E-state index contributed by atoms with van der Waals surface area (Å²) in [4.78, 5) is 25.6. The van der Waals surface area contributed by atoms with E-state index in [0.29, 0.717) is 38.5 Å². The quantitative estimate of drug-likeness (QED) is 0.804. The van der Waals surface area contributed by atoms with Crippen LogP contribution in [-0.2, 0) is 9.53 Å². The van der Waals surface area contributed by atoms with E-state index >= 15 is 0 Å². The lowest BCUT2D eigenvalue weighted by Gasteiger charge is -2.39. The van der Waals surface area contributed by atoms with Gasteiger partial charge in [-0.25, -0.2) is 9.59 Å². The molecule has 2 rings (SSSR count). The average molecular weight is 284 g/mol. The number of amides is 2. The van der Waals surface area contributed by atoms with Gasteiger partial charge in [0, 0.05) is 13.1 Å². The molecule has 2 fully saturated rings. The highest BCUT2D eigenvalue weighted by molar-refractivity contribution is 5.86. The van der Waals surface area contributed by atoms with Crippen LogP contribution in [0.2, 0.25) is 0 Å². The van der Waals surface area contributed by atoms with Crippen molar-refractivity contribution in [2.24, 2.45) is 5.92 Å². The molecule has 20 heavy (non-hydrogen) atoms. The van der Waals surface area contributed by atoms with Crippen LogP contribution in [-0.4, -0.2) is 53.3 Å². The van der Waals surface area contributed by atoms with Crippen molar-refractivity contribution >= 4 is 12.0 Å². The van der Waals surface area contributed by atoms with Crippen LogP contribution in [0.3, 0.4) is 0 Å². The van der Waals surface area contributed by atoms with E-state index in [4.69, 9.17) is 4.74 Å². The number of morpholine rings is 1. The molecule has 2 N–H and O–H groups in total. The third-order valence-corrected chi connectivity index (χ3v) is 4.41. The molecule has 0 bridgehead atoms. The maximum Gasteiger partial charge on any atom is 0.329 e. The van der Waals surface area contributed by atoms with Crippen LogP contribution in [0.25, 0.3) is 0 Å². The summed E-state index contributed by atoms with van der Waals surface area (Å²) >= 11 is 0. The maximum absolute atomic E-state index is 12.3. The Kier molecular flexibility index (Phi) is 4.52. The highest BCUT2D eigenvalue weighted by Gasteiger charge is 2.43. The zero-order chi connectivity index (χ0) is 14.8. The topological polar surface area (TPSA) is 78.9 Å². The van der Waals surface area contributed by atoms with Crippen LogP contribution in [0, 0.1) is 5.92 Å². The van der Waals surface area contributed by atoms with Gasteiger partial charge in [0.05, 0.1) is 12.7 Å². The number of hydrogen-bond acceptors (Lipinski definition) is 3. The van der Waals surface area contributed by atoms with Crippen molar-refractivity contribution in [3.8, 4) is 0 Å². The SMILES string of the molecule is CC1CCC(NC(=O)N2CCOC(C)C2)(C(=O)O)CC1. The fraction of sp³-hybridized carbons (Fsp3) is 0.857. The minimum atomic E-state index is -1.09. The summed E-state index contributed by atoms with van der Waals surface area (Å²) in [5, 5.41) is 12.3. The number of nitrogens with zero attached hydrogens (tertiary/aromatic N) is 1. The first-order valence-corrected chi connectivity index (χ1v) is 7.35. The van der Waals surface area contributed by atoms with E-state index in [-0.39, 0.29) is 12.1 Å². The second-order valence-corrected chi connectivity index (χ2v) is 6.13. The van der Waals surface area contributed by atoms with E-state index in [9.17, 15) is 14.7 Å². The second-order valence-electron chi connectivity index (χ2n) is 6.13. The van der Waals surface area contributed by atoms with Crippen LogP contribution in [0.15, 0.2) is 0 Å². The second kappa shape index (κ2) is 5.99. The van der Waals surface area contributed by atoms with Crippen molar-refractivity contribution in [2.75, 3.05) is 19.7 Å². The molecule has 1 aliphatic carbocycles. The van der Waals surface area contributed by atoms with Crippen LogP contribution in [0.1, 0.15) is 39.5 Å². The normalized spacial score (nSPS) is 34.6. The number of carbonyl (C=O) groups is 2. The van der Waals surface area contributed by atoms with E-state index in [1.807, 2.05) is 6.92 Å². The van der Waals surface area contributed by atoms with Gasteiger partial charge in [0.25, 0.3) is 0 Å². The van der Waals surface area contributed by atoms with Crippen molar-refractivity contribution in [3.63, 3.8) is 0 Å². The minimum Gasteiger partial charge on any atom is -0.480 e. The first kappa shape index (κ1) is 15.1. The fourth-order valence-corrected chi connectivity index (χ4v) is 2.93. The predicted octanol–water partition coefficient (Wildman–Crippen LogP) is 1.45. The Bertz CT molecular complexity index is 377. The number of hydrogen-bond donors (Lipinski definition) is 2. The predicted molar refractivity (Wildman–Crippen MR) is 73.5 cm³/mol. The zero-order valence-corrected chi connectivity index (χ0v) is 12.2. The minimum absolute atomic E-state index is 0.00153. The van der Waals surface area contributed by atoms with Gasteiger partial charge in [-0.05, 0) is 38.5 Å². The van der Waals surface area contributed by atoms with Gasteiger partial charge in [0.1, 0.15) is 5.54 Å². The molecule has 0 aromatic carbocycles. The lowest BCUT2D eigenvalue weighted by Crippen LogP contribution is -2.60. The molecule has 1 saturated carbocycles. The number of aliphatic carboxylic acids is 1. The first-order chi connectivity index (χ1) is 9.43. The van der Waals surface area contributed by atoms with Crippen LogP contribution in [0.5, 0.6) is 0 Å². The molecule has 0 radical (unpaired) electrons. The summed E-state index contributed by atoms with van der Waals surface area (Å²) in [6, 6.07) is -0.280. The molecule has 0 aromatic heterocycles. The Labute approximate surface area is 119 Å². The van der Waals surface area contributed by atoms with Gasteiger partial charge < -0.3 is 20.1 Å². The highest BCUT2D eigenvalue weighted by Crippen LogP contribution is 2.32. The highest BCUT2D eigenvalue weighted by atomic mass is 16.5. The first-order valence-electron chi connectivity index (χ1n) is 7.35. The molecule has 0 spiro atoms. The average Bonchev–Trinajstić information content (AvgIpc) is 2.41. The molecule has 1 unspecified atom stereocenters. The summed E-state index contributed by atoms with van der Waals surface area (Å²) in [5.74, 6) is -0.387. The molecule has 1 aliphatic heterocycles. The Balaban J connectivity index is 2.01. The van der Waals surface area contributed by atoms with Gasteiger partial charge in [0.2, 0.25) is 0 Å². The molecule has 2 aliphatic rings. The Morgan fingerprint density at radius 3 is 2.50 bits per heavy atom. The van der Waals surface area contributed by atoms with Crippen LogP contribution < -0.4 is 5.32 Å². The van der Waals surface area contributed by atoms with Crippen LogP contribution >= 0.6 is 0 Å². The molecule has 114 valence electrons. The standard InChI is InChI=1S/C14H24N2O4/c1-10-3-5-14(6-4-10,12(17)18)15-13(19)16-7-8-20-11(2)9-16/h10-11H,3-9H2,1-2H3,(H,15,19)(H,17,18). The van der Waals surface area contributed by atoms with Crippen molar-refractivity contribution < 1.29 is 19.4 Å². The summed E-state index contributed by atoms with van der Waals surface area (Å²) in [7, 11) is 0. The molecule has 6 nitrogen and oxygen atoms in total. The van der Waals surface area contributed by atoms with Gasteiger partial charge in [-0.3, -0.25) is 0 Å². The lowest BCUT2D eigenvalue weighted by molar-refractivity contribution is -0.146. The monoisotopic (exact) mass is 284 g/mol. The largest absolute Gasteiger partial charge is 0.480 e. The van der Waals surface area contributed by atoms with Gasteiger partial charge in [0.15, 0.2) is 0 Å². The molecule has 2 amide bonds. The van der Waals surface area contributed by atoms with Crippen molar-refractivity contribution in [1.29, 1.82) is 0 Å². The van der Waals surface area contributed by atoms with E-state index < -0.39 is 11.5 Å². The fourth-order valence-electron chi connectivity index (χ4n) is 2.93. The molecule has 1 saturated heterocycles. The Morgan fingerprint density at radius 2 is 1.95 bits per heavy atom. The Hall–Kier alpha value is -1.30. The molecule has 1 heterocycles. The third kappa shape index (κ3) is 3.23. The lowest BCUT2D eigenvalue weighted by atomic mass is 9.77. The van der Waals surface area contributed by atoms with Crippen LogP contribution in [0.4, 0.5) is 4.79 Å². The smallest absolute Gasteiger partial charge is 0.329 e. The van der Waals surface area contributed by atoms with Gasteiger partial charge in [-0.1, -0.05) is 6.92 Å². The molecular formula is C14H24N2O4. The molecule has 1 atom stereocenters. The third-order valence-electron chi connectivity index (χ3n) is 4.41. The summed E-state index contributed by atoms with van der Waals surface area (Å²) < 4.78 is 5.40. The number of ether oxygens (including phenoxy) is 1. The van der Waals surface area contributed by atoms with Crippen molar-refractivity contribution in [2.45, 2.75) is 51.2 Å². The van der Waals surface area contributed by atoms with Crippen molar-refractivity contribution in [1.82, 2.24) is 10.2 Å². The number of carbonyl (C=O) groups excluding carboxylic acids is 1. The number of carboxylic acid groups (broad SMARTS) is 1.